The highest BCUT2D eigenvalue weighted by Crippen LogP contribution is 2.41. The van der Waals surface area contributed by atoms with Gasteiger partial charge in [-0.15, -0.1) is 0 Å². The minimum atomic E-state index is -0.478. The molecule has 0 spiro atoms. The Hall–Kier alpha value is -2.32. The predicted molar refractivity (Wildman–Crippen MR) is 99.7 cm³/mol. The number of fused-ring (bicyclic) bond motifs is 3. The van der Waals surface area contributed by atoms with Crippen LogP contribution in [0, 0.1) is 5.82 Å². The first-order chi connectivity index (χ1) is 13.6. The van der Waals surface area contributed by atoms with Crippen LogP contribution in [-0.4, -0.2) is 66.7 Å². The molecule has 148 valence electrons. The number of aldehydes is 1. The van der Waals surface area contributed by atoms with Gasteiger partial charge in [-0.25, -0.2) is 4.39 Å². The fourth-order valence-corrected chi connectivity index (χ4v) is 5.23. The smallest absolute Gasteiger partial charge is 0.257 e. The van der Waals surface area contributed by atoms with E-state index in [2.05, 4.69) is 15.5 Å². The van der Waals surface area contributed by atoms with Crippen LogP contribution in [0.5, 0.6) is 0 Å². The summed E-state index contributed by atoms with van der Waals surface area (Å²) in [4.78, 5) is 39.3. The van der Waals surface area contributed by atoms with Crippen molar-refractivity contribution in [3.05, 3.63) is 29.1 Å². The third-order valence-corrected chi connectivity index (χ3v) is 6.70. The molecule has 2 bridgehead atoms. The fraction of sp³-hybridized carbons (Fsp3) is 0.550. The van der Waals surface area contributed by atoms with E-state index in [4.69, 9.17) is 0 Å². The molecule has 5 rings (SSSR count). The molecule has 0 saturated carbocycles. The molecule has 2 N–H and O–H groups in total. The van der Waals surface area contributed by atoms with Gasteiger partial charge < -0.3 is 20.4 Å². The fourth-order valence-electron chi connectivity index (χ4n) is 5.23. The molecule has 3 fully saturated rings. The van der Waals surface area contributed by atoms with Gasteiger partial charge in [-0.3, -0.25) is 14.4 Å². The Kier molecular flexibility index (Phi) is 4.21. The van der Waals surface area contributed by atoms with Gasteiger partial charge in [0.2, 0.25) is 5.78 Å². The van der Waals surface area contributed by atoms with Crippen molar-refractivity contribution >= 4 is 23.7 Å². The standard InChI is InChI=1S/C20H23FN4O3/c21-15-2-4-17(25-12-5-13(25)7-22-6-12)14-9-24(20(28)19(14)15)11-1-3-16(23-8-11)18(27)10-26/h2,4,10-13,16,22-23H,1,3,5-9H2. The summed E-state index contributed by atoms with van der Waals surface area (Å²) < 4.78 is 14.6. The maximum absolute atomic E-state index is 14.6. The van der Waals surface area contributed by atoms with Gasteiger partial charge >= 0.3 is 0 Å². The quantitative estimate of drug-likeness (QED) is 0.569. The number of piperidine rings is 2. The summed E-state index contributed by atoms with van der Waals surface area (Å²) in [5, 5.41) is 6.46. The molecule has 4 unspecified atom stereocenters. The van der Waals surface area contributed by atoms with E-state index in [1.807, 2.05) is 6.07 Å². The summed E-state index contributed by atoms with van der Waals surface area (Å²) >= 11 is 0. The maximum Gasteiger partial charge on any atom is 0.257 e. The summed E-state index contributed by atoms with van der Waals surface area (Å²) in [5.41, 5.74) is 1.96. The van der Waals surface area contributed by atoms with Gasteiger partial charge in [0, 0.05) is 55.6 Å². The molecule has 0 aromatic heterocycles. The molecule has 3 saturated heterocycles. The lowest BCUT2D eigenvalue weighted by molar-refractivity contribution is -0.131. The second kappa shape index (κ2) is 6.63. The molecule has 1 aromatic carbocycles. The molecule has 7 nitrogen and oxygen atoms in total. The lowest BCUT2D eigenvalue weighted by Gasteiger charge is -2.55. The third-order valence-electron chi connectivity index (χ3n) is 6.70. The Morgan fingerprint density at radius 1 is 1.14 bits per heavy atom. The van der Waals surface area contributed by atoms with Crippen molar-refractivity contribution < 1.29 is 18.8 Å². The van der Waals surface area contributed by atoms with Gasteiger partial charge in [-0.1, -0.05) is 0 Å². The lowest BCUT2D eigenvalue weighted by Crippen LogP contribution is -2.68. The topological polar surface area (TPSA) is 81.8 Å². The lowest BCUT2D eigenvalue weighted by atomic mass is 9.87. The zero-order valence-corrected chi connectivity index (χ0v) is 15.5. The van der Waals surface area contributed by atoms with Crippen molar-refractivity contribution in [2.45, 2.75) is 50.0 Å². The summed E-state index contributed by atoms with van der Waals surface area (Å²) in [6, 6.07) is 3.45. The summed E-state index contributed by atoms with van der Waals surface area (Å²) in [7, 11) is 0. The van der Waals surface area contributed by atoms with E-state index in [0.29, 0.717) is 44.3 Å². The number of carbonyl (C=O) groups is 3. The van der Waals surface area contributed by atoms with E-state index in [9.17, 15) is 18.8 Å². The number of rotatable bonds is 4. The van der Waals surface area contributed by atoms with Crippen LogP contribution in [0.15, 0.2) is 12.1 Å². The van der Waals surface area contributed by atoms with Gasteiger partial charge in [0.25, 0.3) is 5.91 Å². The molecular weight excluding hydrogens is 363 g/mol. The van der Waals surface area contributed by atoms with E-state index >= 15 is 0 Å². The second-order valence-corrected chi connectivity index (χ2v) is 8.17. The van der Waals surface area contributed by atoms with Crippen LogP contribution in [0.4, 0.5) is 10.1 Å². The number of hydrogen-bond acceptors (Lipinski definition) is 6. The van der Waals surface area contributed by atoms with Crippen LogP contribution in [0.2, 0.25) is 0 Å². The molecule has 1 aromatic rings. The Morgan fingerprint density at radius 3 is 2.57 bits per heavy atom. The Labute approximate surface area is 162 Å². The van der Waals surface area contributed by atoms with E-state index in [1.165, 1.54) is 6.07 Å². The van der Waals surface area contributed by atoms with Crippen molar-refractivity contribution in [2.75, 3.05) is 24.5 Å². The SMILES string of the molecule is O=CC(=O)C1CCC(N2Cc3c(N4C5CNCC4C5)ccc(F)c3C2=O)CN1. The third kappa shape index (κ3) is 2.58. The average molecular weight is 386 g/mol. The summed E-state index contributed by atoms with van der Waals surface area (Å²) in [6.07, 6.45) is 2.59. The Bertz CT molecular complexity index is 838. The highest BCUT2D eigenvalue weighted by molar-refractivity contribution is 6.27. The molecule has 8 heteroatoms. The van der Waals surface area contributed by atoms with Crippen LogP contribution in [0.3, 0.4) is 0 Å². The monoisotopic (exact) mass is 386 g/mol. The van der Waals surface area contributed by atoms with E-state index in [0.717, 1.165) is 30.8 Å². The van der Waals surface area contributed by atoms with Crippen molar-refractivity contribution in [1.29, 1.82) is 0 Å². The zero-order chi connectivity index (χ0) is 19.4. The number of amides is 1. The predicted octanol–water partition coefficient (Wildman–Crippen LogP) is 0.221. The number of benzene rings is 1. The van der Waals surface area contributed by atoms with Gasteiger partial charge in [-0.2, -0.15) is 0 Å². The van der Waals surface area contributed by atoms with Crippen LogP contribution in [0.1, 0.15) is 35.2 Å². The molecule has 0 radical (unpaired) electrons. The van der Waals surface area contributed by atoms with Crippen LogP contribution >= 0.6 is 0 Å². The van der Waals surface area contributed by atoms with Gasteiger partial charge in [0.05, 0.1) is 11.6 Å². The Morgan fingerprint density at radius 2 is 1.93 bits per heavy atom. The molecular formula is C20H23FN4O3. The maximum atomic E-state index is 14.6. The highest BCUT2D eigenvalue weighted by atomic mass is 19.1. The first-order valence-electron chi connectivity index (χ1n) is 9.92. The number of hydrogen-bond donors (Lipinski definition) is 2. The molecule has 4 aliphatic heterocycles. The normalized spacial score (nSPS) is 31.4. The minimum Gasteiger partial charge on any atom is -0.363 e. The van der Waals surface area contributed by atoms with E-state index in [-0.39, 0.29) is 17.5 Å². The summed E-state index contributed by atoms with van der Waals surface area (Å²) in [5.74, 6) is -1.20. The van der Waals surface area contributed by atoms with Gasteiger partial charge in [0.15, 0.2) is 6.29 Å². The number of carbonyl (C=O) groups excluding carboxylic acids is 3. The molecule has 1 amide bonds. The van der Waals surface area contributed by atoms with E-state index < -0.39 is 17.6 Å². The average Bonchev–Trinajstić information content (AvgIpc) is 3.08. The number of ketones is 1. The molecule has 28 heavy (non-hydrogen) atoms. The first kappa shape index (κ1) is 17.8. The largest absolute Gasteiger partial charge is 0.363 e. The number of Topliss-reactive ketones (excluding diaryl/α,β-unsaturated/α-hetero) is 1. The second-order valence-electron chi connectivity index (χ2n) is 8.17. The minimum absolute atomic E-state index is 0.111. The van der Waals surface area contributed by atoms with Crippen molar-refractivity contribution in [3.63, 3.8) is 0 Å². The van der Waals surface area contributed by atoms with Crippen molar-refractivity contribution in [3.8, 4) is 0 Å². The van der Waals surface area contributed by atoms with E-state index in [1.54, 1.807) is 4.90 Å². The van der Waals surface area contributed by atoms with Crippen LogP contribution in [0.25, 0.3) is 0 Å². The Balaban J connectivity index is 1.38. The highest BCUT2D eigenvalue weighted by Gasteiger charge is 2.45. The van der Waals surface area contributed by atoms with Crippen molar-refractivity contribution in [1.82, 2.24) is 15.5 Å². The number of anilines is 1. The van der Waals surface area contributed by atoms with Crippen LogP contribution in [-0.2, 0) is 16.1 Å². The zero-order valence-electron chi connectivity index (χ0n) is 15.5. The number of halogens is 1. The molecule has 4 aliphatic rings. The summed E-state index contributed by atoms with van der Waals surface area (Å²) in [6.45, 7) is 2.65. The molecule has 0 aliphatic carbocycles. The van der Waals surface area contributed by atoms with Gasteiger partial charge in [-0.05, 0) is 31.4 Å². The number of piperazine rings is 1. The molecule has 4 atom stereocenters. The van der Waals surface area contributed by atoms with Crippen LogP contribution < -0.4 is 15.5 Å². The van der Waals surface area contributed by atoms with Crippen molar-refractivity contribution in [2.24, 2.45) is 0 Å². The first-order valence-corrected chi connectivity index (χ1v) is 9.92. The molecule has 4 heterocycles. The number of nitrogens with zero attached hydrogens (tertiary/aromatic N) is 2. The van der Waals surface area contributed by atoms with Gasteiger partial charge in [0.1, 0.15) is 5.82 Å². The number of nitrogens with one attached hydrogen (secondary N) is 2.